The summed E-state index contributed by atoms with van der Waals surface area (Å²) in [6.07, 6.45) is 4.18. The largest absolute Gasteiger partial charge is 0.149 e. The fraction of sp³-hybridized carbons (Fsp3) is 0.625. The second-order valence-electron chi connectivity index (χ2n) is 1.80. The van der Waals surface area contributed by atoms with E-state index in [1.807, 2.05) is 6.26 Å². The van der Waals surface area contributed by atoms with Gasteiger partial charge in [-0.2, -0.15) is 0 Å². The highest BCUT2D eigenvalue weighted by Crippen LogP contribution is 2.01. The highest BCUT2D eigenvalue weighted by molar-refractivity contribution is 7.99. The van der Waals surface area contributed by atoms with E-state index in [0.717, 1.165) is 12.8 Å². The summed E-state index contributed by atoms with van der Waals surface area (Å²) in [6.45, 7) is 5.95. The van der Waals surface area contributed by atoms with Crippen LogP contribution in [0, 0.1) is 18.8 Å². The maximum absolute atomic E-state index is 3.82. The summed E-state index contributed by atoms with van der Waals surface area (Å²) in [5.74, 6) is 6.09. The third-order valence-electron chi connectivity index (χ3n) is 0.923. The molecule has 0 spiro atoms. The van der Waals surface area contributed by atoms with Crippen LogP contribution in [0.25, 0.3) is 0 Å². The predicted octanol–water partition coefficient (Wildman–Crippen LogP) is 2.36. The topological polar surface area (TPSA) is 0 Å². The van der Waals surface area contributed by atoms with Crippen LogP contribution in [0.1, 0.15) is 19.8 Å². The summed E-state index contributed by atoms with van der Waals surface area (Å²) in [5, 5.41) is 0.261. The zero-order valence-electron chi connectivity index (χ0n) is 6.11. The fourth-order valence-corrected chi connectivity index (χ4v) is 0.571. The van der Waals surface area contributed by atoms with Gasteiger partial charge in [0.2, 0.25) is 0 Å². The Bertz CT molecular complexity index is 107. The number of hydrogen-bond acceptors (Lipinski definition) is 1. The summed E-state index contributed by atoms with van der Waals surface area (Å²) >= 11 is 1.69. The molecule has 0 saturated carbocycles. The van der Waals surface area contributed by atoms with Crippen LogP contribution < -0.4 is 0 Å². The summed E-state index contributed by atoms with van der Waals surface area (Å²) in [6, 6.07) is 0. The molecule has 9 heavy (non-hydrogen) atoms. The molecule has 0 amide bonds. The van der Waals surface area contributed by atoms with Crippen molar-refractivity contribution in [1.82, 2.24) is 0 Å². The van der Waals surface area contributed by atoms with Crippen LogP contribution in [0.5, 0.6) is 0 Å². The minimum atomic E-state index is 0.261. The Kier molecular flexibility index (Phi) is 5.98. The lowest BCUT2D eigenvalue weighted by molar-refractivity contribution is 0.982. The summed E-state index contributed by atoms with van der Waals surface area (Å²) in [5.41, 5.74) is 0. The van der Waals surface area contributed by atoms with Crippen LogP contribution in [0.4, 0.5) is 0 Å². The van der Waals surface area contributed by atoms with Gasteiger partial charge >= 0.3 is 0 Å². The maximum atomic E-state index is 3.82. The van der Waals surface area contributed by atoms with Gasteiger partial charge < -0.3 is 0 Å². The lowest BCUT2D eigenvalue weighted by Crippen LogP contribution is -1.87. The molecule has 0 aromatic carbocycles. The first-order valence-electron chi connectivity index (χ1n) is 3.15. The molecule has 0 saturated heterocycles. The molecule has 0 aliphatic carbocycles. The Labute approximate surface area is 62.4 Å². The minimum absolute atomic E-state index is 0.261. The molecule has 1 atom stereocenters. The van der Waals surface area contributed by atoms with E-state index in [2.05, 4.69) is 25.7 Å². The van der Waals surface area contributed by atoms with Gasteiger partial charge in [0.05, 0.1) is 5.25 Å². The highest BCUT2D eigenvalue weighted by atomic mass is 32.2. The van der Waals surface area contributed by atoms with Gasteiger partial charge in [-0.05, 0) is 19.6 Å². The predicted molar refractivity (Wildman–Crippen MR) is 45.3 cm³/mol. The first-order valence-corrected chi connectivity index (χ1v) is 4.44. The van der Waals surface area contributed by atoms with Gasteiger partial charge in [-0.1, -0.05) is 12.8 Å². The fourth-order valence-electron chi connectivity index (χ4n) is 0.370. The molecule has 0 heterocycles. The number of rotatable bonds is 2. The average molecular weight is 141 g/mol. The average Bonchev–Trinajstić information content (AvgIpc) is 1.89. The van der Waals surface area contributed by atoms with E-state index in [0.29, 0.717) is 0 Å². The normalized spacial score (nSPS) is 11.9. The van der Waals surface area contributed by atoms with Gasteiger partial charge in [0.25, 0.3) is 0 Å². The summed E-state index contributed by atoms with van der Waals surface area (Å²) < 4.78 is 0. The molecule has 1 radical (unpaired) electrons. The molecule has 0 rings (SSSR count). The summed E-state index contributed by atoms with van der Waals surface area (Å²) in [7, 11) is 0. The van der Waals surface area contributed by atoms with Crippen molar-refractivity contribution in [2.75, 3.05) is 6.26 Å². The molecule has 1 unspecified atom stereocenters. The molecule has 0 nitrogen and oxygen atoms in total. The SMILES string of the molecule is [CH2]C(C#CCCC)SC. The van der Waals surface area contributed by atoms with Crippen LogP contribution in [0.2, 0.25) is 0 Å². The van der Waals surface area contributed by atoms with E-state index in [1.54, 1.807) is 11.8 Å². The van der Waals surface area contributed by atoms with Crippen LogP contribution in [0.15, 0.2) is 0 Å². The van der Waals surface area contributed by atoms with E-state index < -0.39 is 0 Å². The van der Waals surface area contributed by atoms with Crippen molar-refractivity contribution in [3.8, 4) is 11.8 Å². The number of thioether (sulfide) groups is 1. The molecule has 0 aliphatic rings. The Balaban J connectivity index is 3.33. The van der Waals surface area contributed by atoms with Gasteiger partial charge in [0.15, 0.2) is 0 Å². The Morgan fingerprint density at radius 2 is 2.33 bits per heavy atom. The van der Waals surface area contributed by atoms with Crippen LogP contribution in [0.3, 0.4) is 0 Å². The van der Waals surface area contributed by atoms with Crippen LogP contribution >= 0.6 is 11.8 Å². The molecule has 0 aromatic rings. The second kappa shape index (κ2) is 6.04. The van der Waals surface area contributed by atoms with E-state index in [1.165, 1.54) is 0 Å². The third kappa shape index (κ3) is 5.79. The van der Waals surface area contributed by atoms with E-state index in [-0.39, 0.29) is 5.25 Å². The molecular formula is C8H13S. The van der Waals surface area contributed by atoms with Crippen molar-refractivity contribution in [3.05, 3.63) is 6.92 Å². The van der Waals surface area contributed by atoms with Gasteiger partial charge in [-0.15, -0.1) is 17.7 Å². The Morgan fingerprint density at radius 1 is 1.67 bits per heavy atom. The molecule has 1 heteroatoms. The molecule has 0 N–H and O–H groups in total. The zero-order chi connectivity index (χ0) is 7.11. The number of unbranched alkanes of at least 4 members (excludes halogenated alkanes) is 1. The summed E-state index contributed by atoms with van der Waals surface area (Å²) in [4.78, 5) is 0. The van der Waals surface area contributed by atoms with E-state index in [9.17, 15) is 0 Å². The molecular weight excluding hydrogens is 128 g/mol. The van der Waals surface area contributed by atoms with Crippen molar-refractivity contribution in [2.45, 2.75) is 25.0 Å². The van der Waals surface area contributed by atoms with E-state index in [4.69, 9.17) is 0 Å². The molecule has 0 bridgehead atoms. The van der Waals surface area contributed by atoms with Gasteiger partial charge in [-0.25, -0.2) is 0 Å². The Morgan fingerprint density at radius 3 is 2.78 bits per heavy atom. The first-order chi connectivity index (χ1) is 4.31. The smallest absolute Gasteiger partial charge is 0.0655 e. The Hall–Kier alpha value is -0.0900. The second-order valence-corrected chi connectivity index (χ2v) is 2.84. The minimum Gasteiger partial charge on any atom is -0.149 e. The standard InChI is InChI=1S/C8H13S/c1-4-5-6-7-8(2)9-3/h8H,2,4-5H2,1,3H3. The van der Waals surface area contributed by atoms with Crippen molar-refractivity contribution < 1.29 is 0 Å². The quantitative estimate of drug-likeness (QED) is 0.532. The van der Waals surface area contributed by atoms with Crippen molar-refractivity contribution in [3.63, 3.8) is 0 Å². The number of hydrogen-bond donors (Lipinski definition) is 0. The lowest BCUT2D eigenvalue weighted by atomic mass is 10.3. The zero-order valence-corrected chi connectivity index (χ0v) is 6.92. The molecule has 0 aromatic heterocycles. The maximum Gasteiger partial charge on any atom is 0.0655 e. The molecule has 0 fully saturated rings. The third-order valence-corrected chi connectivity index (χ3v) is 1.61. The van der Waals surface area contributed by atoms with Crippen molar-refractivity contribution in [1.29, 1.82) is 0 Å². The van der Waals surface area contributed by atoms with Crippen LogP contribution in [-0.4, -0.2) is 11.5 Å². The van der Waals surface area contributed by atoms with Gasteiger partial charge in [0, 0.05) is 6.42 Å². The first kappa shape index (κ1) is 8.91. The molecule has 0 aliphatic heterocycles. The van der Waals surface area contributed by atoms with Crippen molar-refractivity contribution in [2.24, 2.45) is 0 Å². The van der Waals surface area contributed by atoms with Gasteiger partial charge in [0.1, 0.15) is 0 Å². The molecule has 51 valence electrons. The highest BCUT2D eigenvalue weighted by Gasteiger charge is 1.87. The van der Waals surface area contributed by atoms with Crippen LogP contribution in [-0.2, 0) is 0 Å². The van der Waals surface area contributed by atoms with Gasteiger partial charge in [-0.3, -0.25) is 0 Å². The van der Waals surface area contributed by atoms with Crippen molar-refractivity contribution >= 4 is 11.8 Å². The monoisotopic (exact) mass is 141 g/mol. The van der Waals surface area contributed by atoms with E-state index >= 15 is 0 Å². The lowest BCUT2D eigenvalue weighted by Gasteiger charge is -1.93.